The first kappa shape index (κ1) is 39.6. The fourth-order valence-electron chi connectivity index (χ4n) is 5.79. The predicted molar refractivity (Wildman–Crippen MR) is 204 cm³/mol. The number of amides is 1. The molecule has 16 heteroatoms. The third kappa shape index (κ3) is 10.9. The van der Waals surface area contributed by atoms with Gasteiger partial charge in [-0.05, 0) is 70.8 Å². The molecule has 3 N–H and O–H groups in total. The summed E-state index contributed by atoms with van der Waals surface area (Å²) in [6, 6.07) is 9.56. The Kier molecular flexibility index (Phi) is 13.1. The van der Waals surface area contributed by atoms with Crippen LogP contribution < -0.4 is 29.7 Å². The molecule has 14 nitrogen and oxygen atoms in total. The van der Waals surface area contributed by atoms with E-state index in [1.54, 1.807) is 37.3 Å². The number of ether oxygens (including phenoxy) is 3. The van der Waals surface area contributed by atoms with E-state index in [0.29, 0.717) is 35.5 Å². The number of carbonyl (C=O) groups is 1. The molecular weight excluding hydrogens is 696 g/mol. The molecule has 51 heavy (non-hydrogen) atoms. The second-order valence-electron chi connectivity index (χ2n) is 13.5. The van der Waals surface area contributed by atoms with E-state index in [4.69, 9.17) is 25.8 Å². The lowest BCUT2D eigenvalue weighted by atomic mass is 10.0. The minimum atomic E-state index is -3.61. The number of para-hydroxylation sites is 1. The molecule has 0 spiro atoms. The van der Waals surface area contributed by atoms with Gasteiger partial charge in [0.2, 0.25) is 16.0 Å². The predicted octanol–water partition coefficient (Wildman–Crippen LogP) is 6.34. The molecule has 0 aliphatic carbocycles. The first-order valence-corrected chi connectivity index (χ1v) is 19.1. The van der Waals surface area contributed by atoms with Gasteiger partial charge in [-0.3, -0.25) is 4.72 Å². The number of hydrogen-bond donors (Lipinski definition) is 3. The Balaban J connectivity index is 1.46. The zero-order chi connectivity index (χ0) is 37.5. The number of anilines is 6. The van der Waals surface area contributed by atoms with Crippen LogP contribution in [-0.4, -0.2) is 107 Å². The summed E-state index contributed by atoms with van der Waals surface area (Å²) in [6.45, 7) is 10.9. The Morgan fingerprint density at radius 3 is 2.33 bits per heavy atom. The quantitative estimate of drug-likeness (QED) is 0.169. The number of nitrogens with zero attached hydrogens (tertiary/aromatic N) is 5. The van der Waals surface area contributed by atoms with E-state index < -0.39 is 15.6 Å². The average molecular weight is 747 g/mol. The summed E-state index contributed by atoms with van der Waals surface area (Å²) in [7, 11) is 3.36. The second kappa shape index (κ2) is 16.9. The number of likely N-dealkylation sites (N-methyl/N-ethyl adjacent to an activating group) is 2. The highest BCUT2D eigenvalue weighted by atomic mass is 35.5. The molecule has 3 aromatic rings. The molecule has 1 aliphatic heterocycles. The third-order valence-corrected chi connectivity index (χ3v) is 9.33. The van der Waals surface area contributed by atoms with Gasteiger partial charge >= 0.3 is 6.09 Å². The largest absolute Gasteiger partial charge is 0.494 e. The first-order valence-electron chi connectivity index (χ1n) is 16.8. The van der Waals surface area contributed by atoms with Crippen LogP contribution in [0.5, 0.6) is 11.5 Å². The Labute approximate surface area is 306 Å². The van der Waals surface area contributed by atoms with E-state index in [0.717, 1.165) is 56.4 Å². The molecule has 4 rings (SSSR count). The summed E-state index contributed by atoms with van der Waals surface area (Å²) in [5, 5.41) is 6.62. The maximum Gasteiger partial charge on any atom is 0.410 e. The van der Waals surface area contributed by atoms with E-state index in [1.165, 1.54) is 13.3 Å². The SMILES string of the molecule is CCc1cc(Nc2ncc(Cl)c(Nc3cccc(OC)c3NS(C)(=O)=O)n2)c(OC)cc1N1CCC(N(C)CCN(C)C(=O)OC(C)(C)C)CC1. The molecular formula is C35H51ClN8O6S. The lowest BCUT2D eigenvalue weighted by Gasteiger charge is -2.39. The minimum Gasteiger partial charge on any atom is -0.494 e. The molecule has 0 saturated carbocycles. The van der Waals surface area contributed by atoms with Crippen LogP contribution in [0.2, 0.25) is 5.02 Å². The number of rotatable bonds is 14. The van der Waals surface area contributed by atoms with Gasteiger partial charge in [0.1, 0.15) is 27.8 Å². The van der Waals surface area contributed by atoms with Crippen molar-refractivity contribution in [3.05, 3.63) is 47.1 Å². The number of aryl methyl sites for hydroxylation is 1. The van der Waals surface area contributed by atoms with Crippen LogP contribution in [0.1, 0.15) is 46.1 Å². The number of halogens is 1. The van der Waals surface area contributed by atoms with Crippen LogP contribution in [-0.2, 0) is 21.2 Å². The molecule has 1 fully saturated rings. The molecule has 0 radical (unpaired) electrons. The summed E-state index contributed by atoms with van der Waals surface area (Å²) in [5.41, 5.74) is 3.05. The Bertz CT molecular complexity index is 1780. The van der Waals surface area contributed by atoms with Crippen LogP contribution in [0.3, 0.4) is 0 Å². The van der Waals surface area contributed by atoms with Gasteiger partial charge in [0.05, 0.1) is 38.0 Å². The topological polar surface area (TPSA) is 150 Å². The van der Waals surface area contributed by atoms with Gasteiger partial charge in [-0.25, -0.2) is 18.2 Å². The molecule has 0 bridgehead atoms. The monoisotopic (exact) mass is 746 g/mol. The van der Waals surface area contributed by atoms with Crippen molar-refractivity contribution in [2.45, 2.75) is 58.6 Å². The highest BCUT2D eigenvalue weighted by Crippen LogP contribution is 2.39. The van der Waals surface area contributed by atoms with Crippen molar-refractivity contribution < 1.29 is 27.4 Å². The van der Waals surface area contributed by atoms with E-state index >= 15 is 0 Å². The van der Waals surface area contributed by atoms with Crippen molar-refractivity contribution >= 4 is 62.2 Å². The van der Waals surface area contributed by atoms with Gasteiger partial charge in [-0.1, -0.05) is 24.6 Å². The lowest BCUT2D eigenvalue weighted by Crippen LogP contribution is -2.46. The average Bonchev–Trinajstić information content (AvgIpc) is 3.07. The van der Waals surface area contributed by atoms with Gasteiger partial charge in [0.15, 0.2) is 5.82 Å². The number of hydrogen-bond acceptors (Lipinski definition) is 12. The zero-order valence-corrected chi connectivity index (χ0v) is 32.5. The van der Waals surface area contributed by atoms with Crippen molar-refractivity contribution in [1.29, 1.82) is 0 Å². The van der Waals surface area contributed by atoms with E-state index in [-0.39, 0.29) is 28.6 Å². The van der Waals surface area contributed by atoms with Gasteiger partial charge in [0, 0.05) is 51.0 Å². The number of methoxy groups -OCH3 is 2. The zero-order valence-electron chi connectivity index (χ0n) is 31.0. The molecule has 2 aromatic carbocycles. The van der Waals surface area contributed by atoms with Crippen molar-refractivity contribution in [3.8, 4) is 11.5 Å². The highest BCUT2D eigenvalue weighted by molar-refractivity contribution is 7.92. The lowest BCUT2D eigenvalue weighted by molar-refractivity contribution is 0.0278. The molecule has 1 aliphatic rings. The molecule has 2 heterocycles. The van der Waals surface area contributed by atoms with Crippen molar-refractivity contribution in [3.63, 3.8) is 0 Å². The Morgan fingerprint density at radius 1 is 1.04 bits per heavy atom. The van der Waals surface area contributed by atoms with Crippen molar-refractivity contribution in [1.82, 2.24) is 19.8 Å². The first-order chi connectivity index (χ1) is 24.0. The summed E-state index contributed by atoms with van der Waals surface area (Å²) < 4.78 is 43.4. The minimum absolute atomic E-state index is 0.220. The van der Waals surface area contributed by atoms with Gasteiger partial charge in [0.25, 0.3) is 0 Å². The number of benzene rings is 2. The van der Waals surface area contributed by atoms with E-state index in [1.807, 2.05) is 20.8 Å². The Hall–Kier alpha value is -4.21. The summed E-state index contributed by atoms with van der Waals surface area (Å²) >= 11 is 6.48. The van der Waals surface area contributed by atoms with Crippen molar-refractivity contribution in [2.75, 3.05) is 81.0 Å². The number of carbonyl (C=O) groups excluding carboxylic acids is 1. The number of sulfonamides is 1. The van der Waals surface area contributed by atoms with Gasteiger partial charge in [-0.15, -0.1) is 0 Å². The smallest absolute Gasteiger partial charge is 0.410 e. The third-order valence-electron chi connectivity index (χ3n) is 8.48. The standard InChI is InChI=1S/C35H51ClN8O6S/c1-10-23-20-27(39-33-37-22-25(36)32(40-33)38-26-12-11-13-29(48-7)31(26)41-51(9,46)47)30(49-8)21-28(23)44-16-14-24(15-17-44)42(5)18-19-43(6)34(45)50-35(2,3)4/h11-13,20-22,24,41H,10,14-19H2,1-9H3,(H2,37,38,39,40). The van der Waals surface area contributed by atoms with E-state index in [2.05, 4.69) is 61.2 Å². The molecule has 0 atom stereocenters. The molecule has 280 valence electrons. The summed E-state index contributed by atoms with van der Waals surface area (Å²) in [6.07, 6.45) is 4.98. The van der Waals surface area contributed by atoms with Gasteiger partial charge in [-0.2, -0.15) is 4.98 Å². The molecule has 1 aromatic heterocycles. The summed E-state index contributed by atoms with van der Waals surface area (Å²) in [5.74, 6) is 1.48. The highest BCUT2D eigenvalue weighted by Gasteiger charge is 2.26. The van der Waals surface area contributed by atoms with Crippen LogP contribution in [0.15, 0.2) is 36.5 Å². The van der Waals surface area contributed by atoms with Gasteiger partial charge < -0.3 is 39.5 Å². The molecule has 1 amide bonds. The Morgan fingerprint density at radius 2 is 1.73 bits per heavy atom. The number of aromatic nitrogens is 2. The number of piperidine rings is 1. The maximum absolute atomic E-state index is 12.4. The van der Waals surface area contributed by atoms with Crippen LogP contribution >= 0.6 is 11.6 Å². The van der Waals surface area contributed by atoms with Crippen molar-refractivity contribution in [2.24, 2.45) is 0 Å². The maximum atomic E-state index is 12.4. The van der Waals surface area contributed by atoms with Crippen LogP contribution in [0.4, 0.5) is 39.3 Å². The fraction of sp³-hybridized carbons (Fsp3) is 0.514. The fourth-order valence-corrected chi connectivity index (χ4v) is 6.51. The molecule has 1 saturated heterocycles. The summed E-state index contributed by atoms with van der Waals surface area (Å²) in [4.78, 5) is 27.7. The second-order valence-corrected chi connectivity index (χ2v) is 15.7. The normalized spacial score (nSPS) is 13.9. The number of nitrogens with one attached hydrogen (secondary N) is 3. The van der Waals surface area contributed by atoms with E-state index in [9.17, 15) is 13.2 Å². The molecule has 0 unspecified atom stereocenters. The van der Waals surface area contributed by atoms with Crippen LogP contribution in [0.25, 0.3) is 0 Å². The van der Waals surface area contributed by atoms with Crippen LogP contribution in [0, 0.1) is 0 Å².